The molecule has 0 radical (unpaired) electrons. The van der Waals surface area contributed by atoms with Gasteiger partial charge < -0.3 is 10.4 Å². The van der Waals surface area contributed by atoms with E-state index in [1.54, 1.807) is 17.4 Å². The monoisotopic (exact) mass is 269 g/mol. The molecule has 0 unspecified atom stereocenters. The molecule has 6 heteroatoms. The van der Waals surface area contributed by atoms with E-state index in [0.29, 0.717) is 4.88 Å². The topological polar surface area (TPSA) is 66.4 Å². The van der Waals surface area contributed by atoms with E-state index in [9.17, 15) is 9.59 Å². The molecule has 4 nitrogen and oxygen atoms in total. The van der Waals surface area contributed by atoms with E-state index in [1.807, 2.05) is 11.4 Å². The van der Waals surface area contributed by atoms with Crippen molar-refractivity contribution >= 4 is 43.9 Å². The average molecular weight is 269 g/mol. The Labute approximate surface area is 106 Å². The van der Waals surface area contributed by atoms with Crippen LogP contribution in [0.25, 0.3) is 9.40 Å². The maximum Gasteiger partial charge on any atom is 0.328 e. The first-order valence-corrected chi connectivity index (χ1v) is 6.63. The van der Waals surface area contributed by atoms with Crippen LogP contribution >= 0.6 is 22.7 Å². The number of hydrogen-bond donors (Lipinski definition) is 2. The molecule has 2 N–H and O–H groups in total. The highest BCUT2D eigenvalue weighted by molar-refractivity contribution is 7.27. The molecular formula is C11H11NO3S2. The summed E-state index contributed by atoms with van der Waals surface area (Å²) in [4.78, 5) is 23.3. The Bertz CT molecular complexity index is 554. The van der Waals surface area contributed by atoms with Gasteiger partial charge in [0.15, 0.2) is 0 Å². The number of thiophene rings is 2. The molecule has 2 heterocycles. The zero-order chi connectivity index (χ0) is 12.6. The molecule has 1 amide bonds. The normalized spacial score (nSPS) is 11.6. The van der Waals surface area contributed by atoms with Crippen LogP contribution < -0.4 is 5.32 Å². The third-order valence-electron chi connectivity index (χ3n) is 2.32. The number of rotatable bonds is 3. The van der Waals surface area contributed by atoms with Gasteiger partial charge in [0.1, 0.15) is 5.54 Å². The van der Waals surface area contributed by atoms with E-state index in [0.717, 1.165) is 9.40 Å². The molecular weight excluding hydrogens is 258 g/mol. The highest BCUT2D eigenvalue weighted by Crippen LogP contribution is 2.30. The van der Waals surface area contributed by atoms with Gasteiger partial charge in [0, 0.05) is 9.40 Å². The van der Waals surface area contributed by atoms with Crippen LogP contribution in [-0.4, -0.2) is 22.5 Å². The maximum atomic E-state index is 11.9. The van der Waals surface area contributed by atoms with Crippen molar-refractivity contribution in [2.45, 2.75) is 19.4 Å². The molecule has 2 aromatic rings. The molecule has 0 spiro atoms. The minimum Gasteiger partial charge on any atom is -0.480 e. The minimum absolute atomic E-state index is 0.342. The number of carboxylic acid groups (broad SMARTS) is 1. The molecule has 0 aromatic carbocycles. The Kier molecular flexibility index (Phi) is 2.92. The summed E-state index contributed by atoms with van der Waals surface area (Å²) in [6, 6.07) is 3.74. The van der Waals surface area contributed by atoms with Crippen LogP contribution in [-0.2, 0) is 4.79 Å². The minimum atomic E-state index is -1.26. The largest absolute Gasteiger partial charge is 0.480 e. The summed E-state index contributed by atoms with van der Waals surface area (Å²) in [7, 11) is 0. The van der Waals surface area contributed by atoms with Gasteiger partial charge in [0.05, 0.1) is 4.88 Å². The van der Waals surface area contributed by atoms with Crippen molar-refractivity contribution in [1.82, 2.24) is 5.32 Å². The van der Waals surface area contributed by atoms with Crippen LogP contribution in [0, 0.1) is 0 Å². The third-order valence-corrected chi connectivity index (χ3v) is 4.42. The summed E-state index contributed by atoms with van der Waals surface area (Å²) in [6.07, 6.45) is 0. The summed E-state index contributed by atoms with van der Waals surface area (Å²) < 4.78 is 2.10. The molecule has 0 fully saturated rings. The van der Waals surface area contributed by atoms with Gasteiger partial charge in [-0.25, -0.2) is 4.79 Å². The molecule has 17 heavy (non-hydrogen) atoms. The van der Waals surface area contributed by atoms with Gasteiger partial charge in [-0.15, -0.1) is 22.7 Å². The van der Waals surface area contributed by atoms with Gasteiger partial charge in [0.25, 0.3) is 5.91 Å². The lowest BCUT2D eigenvalue weighted by molar-refractivity contribution is -0.143. The van der Waals surface area contributed by atoms with E-state index in [-0.39, 0.29) is 5.91 Å². The van der Waals surface area contributed by atoms with Gasteiger partial charge >= 0.3 is 5.97 Å². The number of carbonyl (C=O) groups is 2. The molecule has 0 aliphatic heterocycles. The van der Waals surface area contributed by atoms with E-state index < -0.39 is 11.5 Å². The third kappa shape index (κ3) is 2.32. The van der Waals surface area contributed by atoms with Gasteiger partial charge in [0.2, 0.25) is 0 Å². The Hall–Kier alpha value is -1.40. The maximum absolute atomic E-state index is 11.9. The van der Waals surface area contributed by atoms with E-state index in [4.69, 9.17) is 5.11 Å². The highest BCUT2D eigenvalue weighted by Gasteiger charge is 2.29. The van der Waals surface area contributed by atoms with Crippen molar-refractivity contribution in [3.8, 4) is 0 Å². The summed E-state index contributed by atoms with van der Waals surface area (Å²) >= 11 is 2.93. The number of nitrogens with one attached hydrogen (secondary N) is 1. The number of aliphatic carboxylic acids is 1. The van der Waals surface area contributed by atoms with Gasteiger partial charge in [-0.1, -0.05) is 0 Å². The molecule has 2 rings (SSSR count). The smallest absolute Gasteiger partial charge is 0.328 e. The Morgan fingerprint density at radius 2 is 2.06 bits per heavy atom. The number of fused-ring (bicyclic) bond motifs is 1. The molecule has 0 saturated carbocycles. The average Bonchev–Trinajstić information content (AvgIpc) is 2.74. The summed E-state index contributed by atoms with van der Waals surface area (Å²) in [5.41, 5.74) is -1.26. The lowest BCUT2D eigenvalue weighted by atomic mass is 10.1. The second kappa shape index (κ2) is 4.12. The predicted octanol–water partition coefficient (Wildman–Crippen LogP) is 2.56. The van der Waals surface area contributed by atoms with Crippen LogP contribution in [0.5, 0.6) is 0 Å². The van der Waals surface area contributed by atoms with Crippen molar-refractivity contribution in [3.63, 3.8) is 0 Å². The van der Waals surface area contributed by atoms with Crippen molar-refractivity contribution < 1.29 is 14.7 Å². The first-order valence-electron chi connectivity index (χ1n) is 4.93. The zero-order valence-corrected chi connectivity index (χ0v) is 10.9. The molecule has 0 aliphatic carbocycles. The Balaban J connectivity index is 2.21. The SMILES string of the molecule is CC(C)(NC(=O)c1cc2sccc2s1)C(=O)O. The quantitative estimate of drug-likeness (QED) is 0.900. The summed E-state index contributed by atoms with van der Waals surface area (Å²) in [5, 5.41) is 13.4. The fourth-order valence-electron chi connectivity index (χ4n) is 1.28. The van der Waals surface area contributed by atoms with E-state index in [1.165, 1.54) is 25.2 Å². The number of carbonyl (C=O) groups excluding carboxylic acids is 1. The van der Waals surface area contributed by atoms with Crippen LogP contribution in [0.2, 0.25) is 0 Å². The predicted molar refractivity (Wildman–Crippen MR) is 68.9 cm³/mol. The number of amides is 1. The van der Waals surface area contributed by atoms with Crippen LogP contribution in [0.15, 0.2) is 17.5 Å². The van der Waals surface area contributed by atoms with Crippen LogP contribution in [0.4, 0.5) is 0 Å². The second-order valence-electron chi connectivity index (χ2n) is 4.14. The molecule has 90 valence electrons. The summed E-state index contributed by atoms with van der Waals surface area (Å²) in [5.74, 6) is -1.39. The van der Waals surface area contributed by atoms with Crippen LogP contribution in [0.3, 0.4) is 0 Å². The fourth-order valence-corrected chi connectivity index (χ4v) is 3.28. The Morgan fingerprint density at radius 3 is 2.65 bits per heavy atom. The highest BCUT2D eigenvalue weighted by atomic mass is 32.1. The zero-order valence-electron chi connectivity index (χ0n) is 9.31. The summed E-state index contributed by atoms with van der Waals surface area (Å²) in [6.45, 7) is 2.92. The van der Waals surface area contributed by atoms with Gasteiger partial charge in [-0.2, -0.15) is 0 Å². The van der Waals surface area contributed by atoms with Gasteiger partial charge in [-0.3, -0.25) is 4.79 Å². The van der Waals surface area contributed by atoms with Crippen molar-refractivity contribution in [1.29, 1.82) is 0 Å². The van der Waals surface area contributed by atoms with Crippen molar-refractivity contribution in [3.05, 3.63) is 22.4 Å². The first-order chi connectivity index (χ1) is 7.90. The first kappa shape index (κ1) is 12.1. The second-order valence-corrected chi connectivity index (χ2v) is 6.18. The lowest BCUT2D eigenvalue weighted by Crippen LogP contribution is -2.49. The Morgan fingerprint density at radius 1 is 1.35 bits per heavy atom. The molecule has 0 bridgehead atoms. The molecule has 0 saturated heterocycles. The van der Waals surface area contributed by atoms with Crippen molar-refractivity contribution in [2.75, 3.05) is 0 Å². The lowest BCUT2D eigenvalue weighted by Gasteiger charge is -2.20. The number of hydrogen-bond acceptors (Lipinski definition) is 4. The van der Waals surface area contributed by atoms with E-state index in [2.05, 4.69) is 5.32 Å². The van der Waals surface area contributed by atoms with Crippen molar-refractivity contribution in [2.24, 2.45) is 0 Å². The van der Waals surface area contributed by atoms with Gasteiger partial charge in [-0.05, 0) is 31.4 Å². The van der Waals surface area contributed by atoms with Crippen LogP contribution in [0.1, 0.15) is 23.5 Å². The van der Waals surface area contributed by atoms with E-state index >= 15 is 0 Å². The molecule has 2 aromatic heterocycles. The molecule has 0 aliphatic rings. The molecule has 0 atom stereocenters. The number of carboxylic acids is 1. The fraction of sp³-hybridized carbons (Fsp3) is 0.273. The standard InChI is InChI=1S/C11H11NO3S2/c1-11(2,10(14)15)12-9(13)8-5-7-6(17-8)3-4-16-7/h3-5H,1-2H3,(H,12,13)(H,14,15).